The molecule has 0 spiro atoms. The maximum atomic E-state index is 5.31. The van der Waals surface area contributed by atoms with Crippen LogP contribution in [-0.2, 0) is 13.2 Å². The minimum atomic E-state index is 0.634. The van der Waals surface area contributed by atoms with Gasteiger partial charge < -0.3 is 4.42 Å². The Labute approximate surface area is 105 Å². The van der Waals surface area contributed by atoms with Gasteiger partial charge in [-0.25, -0.2) is 0 Å². The van der Waals surface area contributed by atoms with Gasteiger partial charge in [0.1, 0.15) is 23.5 Å². The van der Waals surface area contributed by atoms with Crippen molar-refractivity contribution in [2.45, 2.75) is 13.2 Å². The second-order valence-electron chi connectivity index (χ2n) is 4.30. The Morgan fingerprint density at radius 1 is 1.11 bits per heavy atom. The number of nitrogens with zero attached hydrogens (tertiary/aromatic N) is 4. The van der Waals surface area contributed by atoms with Crippen LogP contribution in [0.3, 0.4) is 0 Å². The van der Waals surface area contributed by atoms with E-state index in [1.54, 1.807) is 11.1 Å². The van der Waals surface area contributed by atoms with Gasteiger partial charge in [-0.15, -0.1) is 0 Å². The highest BCUT2D eigenvalue weighted by atomic mass is 16.3. The van der Waals surface area contributed by atoms with E-state index >= 15 is 0 Å². The molecular formula is C13H14N4O. The van der Waals surface area contributed by atoms with E-state index in [0.29, 0.717) is 6.67 Å². The third-order valence-electron chi connectivity index (χ3n) is 2.70. The average molecular weight is 242 g/mol. The third-order valence-corrected chi connectivity index (χ3v) is 2.70. The highest BCUT2D eigenvalue weighted by Gasteiger charge is 2.06. The van der Waals surface area contributed by atoms with Gasteiger partial charge in [-0.05, 0) is 31.3 Å². The molecule has 2 heterocycles. The summed E-state index contributed by atoms with van der Waals surface area (Å²) < 4.78 is 5.31. The van der Waals surface area contributed by atoms with Crippen LogP contribution in [-0.4, -0.2) is 26.9 Å². The second-order valence-corrected chi connectivity index (χ2v) is 4.30. The van der Waals surface area contributed by atoms with Crippen LogP contribution in [0.25, 0.3) is 11.0 Å². The number of furan rings is 1. The molecule has 5 heteroatoms. The lowest BCUT2D eigenvalue weighted by molar-refractivity contribution is 0.214. The highest BCUT2D eigenvalue weighted by Crippen LogP contribution is 2.08. The molecule has 0 atom stereocenters. The second kappa shape index (κ2) is 4.62. The molecule has 0 N–H and O–H groups in total. The molecule has 5 nitrogen and oxygen atoms in total. The van der Waals surface area contributed by atoms with Crippen LogP contribution in [0, 0.1) is 0 Å². The van der Waals surface area contributed by atoms with Crippen molar-refractivity contribution in [1.82, 2.24) is 19.9 Å². The molecule has 18 heavy (non-hydrogen) atoms. The lowest BCUT2D eigenvalue weighted by atomic mass is 10.3. The monoisotopic (exact) mass is 242 g/mol. The number of hydrogen-bond acceptors (Lipinski definition) is 4. The quantitative estimate of drug-likeness (QED) is 0.703. The summed E-state index contributed by atoms with van der Waals surface area (Å²) >= 11 is 0. The van der Waals surface area contributed by atoms with Crippen molar-refractivity contribution in [3.63, 3.8) is 0 Å². The van der Waals surface area contributed by atoms with Gasteiger partial charge in [-0.2, -0.15) is 15.0 Å². The van der Waals surface area contributed by atoms with Gasteiger partial charge in [-0.3, -0.25) is 4.90 Å². The lowest BCUT2D eigenvalue weighted by Crippen LogP contribution is -2.22. The van der Waals surface area contributed by atoms with Gasteiger partial charge in [0.15, 0.2) is 0 Å². The van der Waals surface area contributed by atoms with Gasteiger partial charge in [0.05, 0.1) is 12.8 Å². The summed E-state index contributed by atoms with van der Waals surface area (Å²) in [5.41, 5.74) is 1.84. The van der Waals surface area contributed by atoms with Crippen molar-refractivity contribution in [3.05, 3.63) is 48.4 Å². The van der Waals surface area contributed by atoms with Crippen molar-refractivity contribution in [3.8, 4) is 0 Å². The van der Waals surface area contributed by atoms with E-state index in [1.165, 1.54) is 0 Å². The fraction of sp³-hybridized carbons (Fsp3) is 0.231. The first-order valence-corrected chi connectivity index (χ1v) is 5.82. The Hall–Kier alpha value is -2.14. The predicted molar refractivity (Wildman–Crippen MR) is 67.7 cm³/mol. The summed E-state index contributed by atoms with van der Waals surface area (Å²) in [5.74, 6) is 0.939. The predicted octanol–water partition coefficient (Wildman–Crippen LogP) is 2.11. The molecule has 0 radical (unpaired) electrons. The molecule has 0 unspecified atom stereocenters. The molecule has 0 aliphatic carbocycles. The van der Waals surface area contributed by atoms with Gasteiger partial charge in [0.2, 0.25) is 0 Å². The molecule has 0 aliphatic rings. The summed E-state index contributed by atoms with van der Waals surface area (Å²) in [6.07, 6.45) is 1.68. The number of rotatable bonds is 4. The van der Waals surface area contributed by atoms with Crippen molar-refractivity contribution in [2.24, 2.45) is 0 Å². The first-order chi connectivity index (χ1) is 8.81. The SMILES string of the molecule is CN(Cc1ccco1)Cn1nc2ccccc2n1. The average Bonchev–Trinajstić information content (AvgIpc) is 2.96. The standard InChI is InChI=1S/C13H14N4O/c1-16(9-11-5-4-8-18-11)10-17-14-12-6-2-3-7-13(12)15-17/h2-8H,9-10H2,1H3. The molecule has 92 valence electrons. The Morgan fingerprint density at radius 2 is 1.83 bits per heavy atom. The summed E-state index contributed by atoms with van der Waals surface area (Å²) in [7, 11) is 2.01. The van der Waals surface area contributed by atoms with Crippen LogP contribution in [0.5, 0.6) is 0 Å². The Balaban J connectivity index is 1.71. The smallest absolute Gasteiger partial charge is 0.117 e. The highest BCUT2D eigenvalue weighted by molar-refractivity contribution is 5.72. The molecule has 0 saturated heterocycles. The molecule has 2 aromatic heterocycles. The van der Waals surface area contributed by atoms with Gasteiger partial charge >= 0.3 is 0 Å². The number of benzene rings is 1. The molecule has 0 saturated carbocycles. The van der Waals surface area contributed by atoms with Gasteiger partial charge in [0, 0.05) is 0 Å². The van der Waals surface area contributed by atoms with Crippen LogP contribution in [0.4, 0.5) is 0 Å². The summed E-state index contributed by atoms with van der Waals surface area (Å²) in [6.45, 7) is 1.38. The molecule has 0 bridgehead atoms. The normalized spacial score (nSPS) is 11.4. The van der Waals surface area contributed by atoms with Gasteiger partial charge in [-0.1, -0.05) is 12.1 Å². The minimum absolute atomic E-state index is 0.634. The van der Waals surface area contributed by atoms with E-state index in [2.05, 4.69) is 15.1 Å². The van der Waals surface area contributed by atoms with Crippen LogP contribution in [0.2, 0.25) is 0 Å². The summed E-state index contributed by atoms with van der Waals surface area (Å²) in [6, 6.07) is 11.7. The summed E-state index contributed by atoms with van der Waals surface area (Å²) in [4.78, 5) is 3.80. The van der Waals surface area contributed by atoms with Gasteiger partial charge in [0.25, 0.3) is 0 Å². The Kier molecular flexibility index (Phi) is 2.82. The molecule has 0 fully saturated rings. The fourth-order valence-electron chi connectivity index (χ4n) is 1.90. The topological polar surface area (TPSA) is 47.1 Å². The zero-order chi connectivity index (χ0) is 12.4. The van der Waals surface area contributed by atoms with Crippen LogP contribution in [0.15, 0.2) is 47.1 Å². The molecule has 0 amide bonds. The van der Waals surface area contributed by atoms with E-state index in [0.717, 1.165) is 23.3 Å². The molecule has 1 aromatic carbocycles. The van der Waals surface area contributed by atoms with E-state index in [-0.39, 0.29) is 0 Å². The maximum absolute atomic E-state index is 5.31. The number of hydrogen-bond donors (Lipinski definition) is 0. The third kappa shape index (κ3) is 2.26. The van der Waals surface area contributed by atoms with Crippen LogP contribution >= 0.6 is 0 Å². The molecule has 3 rings (SSSR count). The first kappa shape index (κ1) is 11.0. The lowest BCUT2D eigenvalue weighted by Gasteiger charge is -2.13. The maximum Gasteiger partial charge on any atom is 0.117 e. The van der Waals surface area contributed by atoms with Crippen LogP contribution < -0.4 is 0 Å². The number of aromatic nitrogens is 3. The summed E-state index contributed by atoms with van der Waals surface area (Å²) in [5, 5.41) is 8.83. The van der Waals surface area contributed by atoms with E-state index in [1.807, 2.05) is 43.4 Å². The molecule has 0 aliphatic heterocycles. The van der Waals surface area contributed by atoms with Crippen molar-refractivity contribution < 1.29 is 4.42 Å². The largest absolute Gasteiger partial charge is 0.468 e. The Bertz CT molecular complexity index is 596. The van der Waals surface area contributed by atoms with Crippen molar-refractivity contribution >= 4 is 11.0 Å². The zero-order valence-corrected chi connectivity index (χ0v) is 10.2. The molecule has 3 aromatic rings. The molecular weight excluding hydrogens is 228 g/mol. The fourth-order valence-corrected chi connectivity index (χ4v) is 1.90. The minimum Gasteiger partial charge on any atom is -0.468 e. The first-order valence-electron chi connectivity index (χ1n) is 5.82. The zero-order valence-electron chi connectivity index (χ0n) is 10.2. The Morgan fingerprint density at radius 3 is 2.44 bits per heavy atom. The van der Waals surface area contributed by atoms with E-state index in [9.17, 15) is 0 Å². The number of fused-ring (bicyclic) bond motifs is 1. The van der Waals surface area contributed by atoms with Crippen molar-refractivity contribution in [1.29, 1.82) is 0 Å². The van der Waals surface area contributed by atoms with Crippen molar-refractivity contribution in [2.75, 3.05) is 7.05 Å². The van der Waals surface area contributed by atoms with E-state index in [4.69, 9.17) is 4.42 Å². The van der Waals surface area contributed by atoms with E-state index < -0.39 is 0 Å². The van der Waals surface area contributed by atoms with Crippen LogP contribution in [0.1, 0.15) is 5.76 Å².